The largest absolute Gasteiger partial charge is 0.0950 e. The molecule has 0 rings (SSSR count). The predicted molar refractivity (Wildman–Crippen MR) is 70.4 cm³/mol. The van der Waals surface area contributed by atoms with Crippen molar-refractivity contribution in [3.63, 3.8) is 0 Å². The molecule has 82 valence electrons. The van der Waals surface area contributed by atoms with Crippen molar-refractivity contribution >= 4 is 8.07 Å². The monoisotopic (exact) mass is 210 g/mol. The summed E-state index contributed by atoms with van der Waals surface area (Å²) in [4.78, 5) is 0. The predicted octanol–water partition coefficient (Wildman–Crippen LogP) is 4.95. The number of allylic oxidation sites excluding steroid dienone is 3. The zero-order valence-corrected chi connectivity index (χ0v) is 11.3. The van der Waals surface area contributed by atoms with E-state index in [0.29, 0.717) is 0 Å². The summed E-state index contributed by atoms with van der Waals surface area (Å²) in [5.41, 5.74) is 2.38. The van der Waals surface area contributed by atoms with Gasteiger partial charge in [0.1, 0.15) is 0 Å². The molecule has 14 heavy (non-hydrogen) atoms. The first-order valence-corrected chi connectivity index (χ1v) is 9.48. The average Bonchev–Trinajstić information content (AvgIpc) is 2.08. The maximum absolute atomic E-state index is 2.38. The zero-order valence-electron chi connectivity index (χ0n) is 10.3. The van der Waals surface area contributed by atoms with Crippen molar-refractivity contribution in [2.45, 2.75) is 58.7 Å². The molecule has 0 nitrogen and oxygen atoms in total. The van der Waals surface area contributed by atoms with Crippen molar-refractivity contribution in [2.24, 2.45) is 0 Å². The lowest BCUT2D eigenvalue weighted by molar-refractivity contribution is 0.674. The lowest BCUT2D eigenvalue weighted by atomic mass is 10.1. The Hall–Kier alpha value is -0.303. The summed E-state index contributed by atoms with van der Waals surface area (Å²) < 4.78 is 0. The molecule has 0 aliphatic rings. The van der Waals surface area contributed by atoms with Crippen LogP contribution in [0.5, 0.6) is 0 Å². The molecule has 1 heteroatoms. The number of hydrogen-bond acceptors (Lipinski definition) is 0. The van der Waals surface area contributed by atoms with E-state index in [4.69, 9.17) is 0 Å². The van der Waals surface area contributed by atoms with Gasteiger partial charge in [0.05, 0.1) is 8.07 Å². The minimum Gasteiger partial charge on any atom is -0.0950 e. The van der Waals surface area contributed by atoms with Gasteiger partial charge in [-0.2, -0.15) is 0 Å². The van der Waals surface area contributed by atoms with E-state index < -0.39 is 8.07 Å². The number of hydrogen-bond donors (Lipinski definition) is 0. The third-order valence-electron chi connectivity index (χ3n) is 2.07. The van der Waals surface area contributed by atoms with Crippen molar-refractivity contribution < 1.29 is 0 Å². The molecule has 0 fully saturated rings. The summed E-state index contributed by atoms with van der Waals surface area (Å²) in [6.45, 7) is 9.34. The molecule has 0 aliphatic heterocycles. The van der Waals surface area contributed by atoms with Crippen LogP contribution < -0.4 is 0 Å². The Bertz CT molecular complexity index is 172. The van der Waals surface area contributed by atoms with Gasteiger partial charge in [-0.1, -0.05) is 69.8 Å². The summed E-state index contributed by atoms with van der Waals surface area (Å²) in [5.74, 6) is 0. The third kappa shape index (κ3) is 11.7. The minimum absolute atomic E-state index is 0.970. The fraction of sp³-hybridized carbons (Fsp3) is 0.692. The molecule has 0 saturated heterocycles. The van der Waals surface area contributed by atoms with Gasteiger partial charge in [0, 0.05) is 0 Å². The highest BCUT2D eigenvalue weighted by Crippen LogP contribution is 2.04. The Morgan fingerprint density at radius 2 is 1.64 bits per heavy atom. The summed E-state index contributed by atoms with van der Waals surface area (Å²) in [7, 11) is -0.970. The molecule has 0 radical (unpaired) electrons. The van der Waals surface area contributed by atoms with Gasteiger partial charge >= 0.3 is 0 Å². The second-order valence-corrected chi connectivity index (χ2v) is 10.1. The molecule has 0 atom stereocenters. The van der Waals surface area contributed by atoms with E-state index in [-0.39, 0.29) is 0 Å². The Kier molecular flexibility index (Phi) is 7.87. The number of rotatable bonds is 7. The maximum atomic E-state index is 2.38. The van der Waals surface area contributed by atoms with E-state index in [1.165, 1.54) is 32.1 Å². The smallest absolute Gasteiger partial charge is 0.0686 e. The van der Waals surface area contributed by atoms with Crippen LogP contribution in [0.4, 0.5) is 0 Å². The van der Waals surface area contributed by atoms with Crippen molar-refractivity contribution in [1.29, 1.82) is 0 Å². The van der Waals surface area contributed by atoms with E-state index >= 15 is 0 Å². The van der Waals surface area contributed by atoms with Crippen LogP contribution in [-0.2, 0) is 0 Å². The van der Waals surface area contributed by atoms with Crippen LogP contribution >= 0.6 is 0 Å². The van der Waals surface area contributed by atoms with Crippen molar-refractivity contribution in [2.75, 3.05) is 0 Å². The van der Waals surface area contributed by atoms with Crippen LogP contribution in [0.25, 0.3) is 0 Å². The Morgan fingerprint density at radius 3 is 2.21 bits per heavy atom. The van der Waals surface area contributed by atoms with E-state index in [2.05, 4.69) is 50.5 Å². The molecule has 0 aromatic carbocycles. The molecule has 0 aromatic rings. The van der Waals surface area contributed by atoms with Crippen LogP contribution in [0.2, 0.25) is 19.6 Å². The van der Waals surface area contributed by atoms with Crippen molar-refractivity contribution in [1.82, 2.24) is 0 Å². The molecular weight excluding hydrogens is 184 g/mol. The molecule has 0 saturated carbocycles. The van der Waals surface area contributed by atoms with Gasteiger partial charge in [0.15, 0.2) is 0 Å². The fourth-order valence-electron chi connectivity index (χ4n) is 1.21. The van der Waals surface area contributed by atoms with Gasteiger partial charge < -0.3 is 0 Å². The van der Waals surface area contributed by atoms with Gasteiger partial charge in [0.25, 0.3) is 0 Å². The Balaban J connectivity index is 3.41. The first-order valence-electron chi connectivity index (χ1n) is 5.90. The van der Waals surface area contributed by atoms with E-state index in [0.717, 1.165) is 0 Å². The molecule has 0 spiro atoms. The summed E-state index contributed by atoms with van der Waals surface area (Å²) in [5, 5.41) is 0. The van der Waals surface area contributed by atoms with Gasteiger partial charge in [-0.25, -0.2) is 0 Å². The lowest BCUT2D eigenvalue weighted by Gasteiger charge is -2.06. The molecule has 0 N–H and O–H groups in total. The quantitative estimate of drug-likeness (QED) is 0.317. The Morgan fingerprint density at radius 1 is 0.929 bits per heavy atom. The second kappa shape index (κ2) is 8.04. The normalized spacial score (nSPS) is 13.1. The third-order valence-corrected chi connectivity index (χ3v) is 3.26. The minimum atomic E-state index is -0.970. The molecule has 0 aromatic heterocycles. The topological polar surface area (TPSA) is 0 Å². The van der Waals surface area contributed by atoms with Crippen molar-refractivity contribution in [3.8, 4) is 0 Å². The number of unbranched alkanes of at least 4 members (excludes halogenated alkanes) is 4. The van der Waals surface area contributed by atoms with Crippen LogP contribution in [0.1, 0.15) is 39.0 Å². The highest BCUT2D eigenvalue weighted by Gasteiger charge is 2.05. The average molecular weight is 210 g/mol. The standard InChI is InChI=1S/C13H26Si/c1-5-6-7-8-9-10-11-12-13-14(2,3)4/h10-13H,5-9H2,1-4H3/b11-10+,13-12+. The van der Waals surface area contributed by atoms with Crippen LogP contribution in [0.3, 0.4) is 0 Å². The molecular formula is C13H26Si. The highest BCUT2D eigenvalue weighted by atomic mass is 28.3. The SMILES string of the molecule is CCCCCC/C=C/C=C/[Si](C)(C)C. The Labute approximate surface area is 91.1 Å². The van der Waals surface area contributed by atoms with Crippen LogP contribution in [0.15, 0.2) is 23.9 Å². The molecule has 0 bridgehead atoms. The molecule has 0 heterocycles. The van der Waals surface area contributed by atoms with Crippen molar-refractivity contribution in [3.05, 3.63) is 23.9 Å². The van der Waals surface area contributed by atoms with Crippen LogP contribution in [-0.4, -0.2) is 8.07 Å². The van der Waals surface area contributed by atoms with Crippen LogP contribution in [0, 0.1) is 0 Å². The second-order valence-electron chi connectivity index (χ2n) is 5.00. The van der Waals surface area contributed by atoms with Gasteiger partial charge in [0.2, 0.25) is 0 Å². The molecule has 0 amide bonds. The zero-order chi connectivity index (χ0) is 10.9. The summed E-state index contributed by atoms with van der Waals surface area (Å²) in [6.07, 6.45) is 13.4. The highest BCUT2D eigenvalue weighted by molar-refractivity contribution is 6.80. The summed E-state index contributed by atoms with van der Waals surface area (Å²) in [6, 6.07) is 0. The lowest BCUT2D eigenvalue weighted by Crippen LogP contribution is -2.14. The molecule has 0 unspecified atom stereocenters. The maximum Gasteiger partial charge on any atom is 0.0686 e. The fourth-order valence-corrected chi connectivity index (χ4v) is 1.90. The first-order chi connectivity index (χ1) is 6.56. The first kappa shape index (κ1) is 13.7. The van der Waals surface area contributed by atoms with E-state index in [9.17, 15) is 0 Å². The van der Waals surface area contributed by atoms with Gasteiger partial charge in [-0.3, -0.25) is 0 Å². The summed E-state index contributed by atoms with van der Waals surface area (Å²) >= 11 is 0. The van der Waals surface area contributed by atoms with Gasteiger partial charge in [-0.05, 0) is 12.8 Å². The van der Waals surface area contributed by atoms with E-state index in [1.807, 2.05) is 0 Å². The molecule has 0 aliphatic carbocycles. The van der Waals surface area contributed by atoms with Gasteiger partial charge in [-0.15, -0.1) is 0 Å². The van der Waals surface area contributed by atoms with E-state index in [1.54, 1.807) is 0 Å².